The lowest BCUT2D eigenvalue weighted by Gasteiger charge is -2.23. The molecule has 1 saturated heterocycles. The van der Waals surface area contributed by atoms with Crippen LogP contribution in [0.5, 0.6) is 0 Å². The molecule has 1 aliphatic rings. The van der Waals surface area contributed by atoms with Gasteiger partial charge in [-0.05, 0) is 30.2 Å². The van der Waals surface area contributed by atoms with Gasteiger partial charge in [0, 0.05) is 38.3 Å². The monoisotopic (exact) mass is 386 g/mol. The molecule has 1 aliphatic heterocycles. The zero-order valence-corrected chi connectivity index (χ0v) is 15.8. The lowest BCUT2D eigenvalue weighted by molar-refractivity contribution is 0.0762. The normalized spacial score (nSPS) is 13.6. The highest BCUT2D eigenvalue weighted by atomic mass is 35.5. The first-order chi connectivity index (χ1) is 13.1. The number of hydrogen-bond donors (Lipinski definition) is 2. The maximum atomic E-state index is 13.0. The van der Waals surface area contributed by atoms with Gasteiger partial charge in [-0.3, -0.25) is 9.69 Å². The van der Waals surface area contributed by atoms with Crippen LogP contribution in [0.25, 0.3) is 0 Å². The van der Waals surface area contributed by atoms with Gasteiger partial charge >= 0.3 is 6.03 Å². The van der Waals surface area contributed by atoms with Crippen molar-refractivity contribution in [3.63, 3.8) is 0 Å². The van der Waals surface area contributed by atoms with Crippen LogP contribution in [0.15, 0.2) is 48.5 Å². The molecule has 0 atom stereocenters. The third-order valence-corrected chi connectivity index (χ3v) is 4.86. The molecule has 27 heavy (non-hydrogen) atoms. The van der Waals surface area contributed by atoms with Crippen molar-refractivity contribution in [1.82, 2.24) is 10.2 Å². The van der Waals surface area contributed by atoms with Gasteiger partial charge in [0.1, 0.15) is 0 Å². The molecule has 1 heterocycles. The van der Waals surface area contributed by atoms with Gasteiger partial charge in [0.2, 0.25) is 0 Å². The van der Waals surface area contributed by atoms with Crippen LogP contribution in [0.2, 0.25) is 5.02 Å². The minimum Gasteiger partial charge on any atom is -0.337 e. The van der Waals surface area contributed by atoms with Crippen LogP contribution in [-0.2, 0) is 6.42 Å². The summed E-state index contributed by atoms with van der Waals surface area (Å²) in [5.41, 5.74) is 7.92. The van der Waals surface area contributed by atoms with E-state index in [0.717, 1.165) is 12.0 Å². The van der Waals surface area contributed by atoms with E-state index in [-0.39, 0.29) is 11.9 Å². The van der Waals surface area contributed by atoms with E-state index >= 15 is 0 Å². The molecule has 2 aromatic carbocycles. The second kappa shape index (κ2) is 8.88. The number of halogens is 1. The lowest BCUT2D eigenvalue weighted by Crippen LogP contribution is -2.37. The number of nitrogens with zero attached hydrogens (tertiary/aromatic N) is 2. The van der Waals surface area contributed by atoms with E-state index in [1.165, 1.54) is 0 Å². The van der Waals surface area contributed by atoms with Crippen molar-refractivity contribution in [3.05, 3.63) is 64.7 Å². The fourth-order valence-corrected chi connectivity index (χ4v) is 3.34. The summed E-state index contributed by atoms with van der Waals surface area (Å²) in [7, 11) is 0. The summed E-state index contributed by atoms with van der Waals surface area (Å²) >= 11 is 6.26. The summed E-state index contributed by atoms with van der Waals surface area (Å²) in [4.78, 5) is 28.3. The summed E-state index contributed by atoms with van der Waals surface area (Å²) in [6.07, 6.45) is 0.752. The fourth-order valence-electron chi connectivity index (χ4n) is 3.12. The average molecular weight is 387 g/mol. The van der Waals surface area contributed by atoms with E-state index in [9.17, 15) is 9.59 Å². The average Bonchev–Trinajstić information content (AvgIpc) is 3.11. The van der Waals surface area contributed by atoms with Gasteiger partial charge < -0.3 is 16.0 Å². The Hall–Kier alpha value is -2.57. The third-order valence-electron chi connectivity index (χ3n) is 4.54. The summed E-state index contributed by atoms with van der Waals surface area (Å²) in [6, 6.07) is 14.8. The zero-order valence-electron chi connectivity index (χ0n) is 15.0. The standard InChI is InChI=1S/C20H23ClN4O2/c21-17-7-6-16(14-18(17)25-13-10-23-20(25)27)19(26)24(12-9-22)11-8-15-4-2-1-3-5-15/h1-7,14H,8-13,22H2,(H,23,27). The lowest BCUT2D eigenvalue weighted by atomic mass is 10.1. The molecule has 0 spiro atoms. The fraction of sp³-hybridized carbons (Fsp3) is 0.300. The van der Waals surface area contributed by atoms with Gasteiger partial charge in [0.15, 0.2) is 0 Å². The first-order valence-electron chi connectivity index (χ1n) is 8.98. The molecule has 0 aliphatic carbocycles. The summed E-state index contributed by atoms with van der Waals surface area (Å²) in [6.45, 7) is 2.51. The Morgan fingerprint density at radius 2 is 1.96 bits per heavy atom. The Bertz CT molecular complexity index is 813. The smallest absolute Gasteiger partial charge is 0.322 e. The number of amides is 3. The van der Waals surface area contributed by atoms with Crippen molar-refractivity contribution in [2.45, 2.75) is 6.42 Å². The van der Waals surface area contributed by atoms with Gasteiger partial charge in [-0.1, -0.05) is 41.9 Å². The molecule has 0 saturated carbocycles. The van der Waals surface area contributed by atoms with Crippen LogP contribution in [0.3, 0.4) is 0 Å². The molecule has 142 valence electrons. The third kappa shape index (κ3) is 4.59. The molecule has 0 bridgehead atoms. The Morgan fingerprint density at radius 3 is 2.63 bits per heavy atom. The molecule has 7 heteroatoms. The van der Waals surface area contributed by atoms with E-state index in [4.69, 9.17) is 17.3 Å². The number of anilines is 1. The molecule has 1 fully saturated rings. The molecular weight excluding hydrogens is 364 g/mol. The summed E-state index contributed by atoms with van der Waals surface area (Å²) < 4.78 is 0. The first kappa shape index (κ1) is 19.2. The molecule has 3 amide bonds. The van der Waals surface area contributed by atoms with Gasteiger partial charge in [-0.2, -0.15) is 0 Å². The Kier molecular flexibility index (Phi) is 6.32. The molecule has 3 N–H and O–H groups in total. The summed E-state index contributed by atoms with van der Waals surface area (Å²) in [5.74, 6) is -0.117. The van der Waals surface area contributed by atoms with E-state index in [0.29, 0.717) is 49.0 Å². The van der Waals surface area contributed by atoms with Crippen LogP contribution in [0, 0.1) is 0 Å². The SMILES string of the molecule is NCCN(CCc1ccccc1)C(=O)c1ccc(Cl)c(N2CCNC2=O)c1. The molecule has 6 nitrogen and oxygen atoms in total. The molecule has 3 rings (SSSR count). The minimum atomic E-state index is -0.204. The van der Waals surface area contributed by atoms with Gasteiger partial charge in [0.25, 0.3) is 5.91 Å². The maximum absolute atomic E-state index is 13.0. The van der Waals surface area contributed by atoms with Crippen LogP contribution >= 0.6 is 11.6 Å². The van der Waals surface area contributed by atoms with E-state index in [1.54, 1.807) is 28.0 Å². The van der Waals surface area contributed by atoms with Crippen LogP contribution in [0.4, 0.5) is 10.5 Å². The van der Waals surface area contributed by atoms with Crippen LogP contribution in [0.1, 0.15) is 15.9 Å². The summed E-state index contributed by atoms with van der Waals surface area (Å²) in [5, 5.41) is 3.18. The predicted molar refractivity (Wildman–Crippen MR) is 107 cm³/mol. The number of carbonyl (C=O) groups excluding carboxylic acids is 2. The molecule has 0 unspecified atom stereocenters. The highest BCUT2D eigenvalue weighted by Crippen LogP contribution is 2.28. The highest BCUT2D eigenvalue weighted by Gasteiger charge is 2.25. The van der Waals surface area contributed by atoms with Crippen LogP contribution in [-0.4, -0.2) is 49.6 Å². The van der Waals surface area contributed by atoms with E-state index in [2.05, 4.69) is 5.32 Å². The second-order valence-corrected chi connectivity index (χ2v) is 6.77. The van der Waals surface area contributed by atoms with Gasteiger partial charge in [0.05, 0.1) is 10.7 Å². The van der Waals surface area contributed by atoms with Crippen molar-refractivity contribution in [1.29, 1.82) is 0 Å². The van der Waals surface area contributed by atoms with Crippen molar-refractivity contribution < 1.29 is 9.59 Å². The highest BCUT2D eigenvalue weighted by molar-refractivity contribution is 6.34. The number of carbonyl (C=O) groups is 2. The predicted octanol–water partition coefficient (Wildman–Crippen LogP) is 2.51. The molecule has 0 radical (unpaired) electrons. The van der Waals surface area contributed by atoms with E-state index < -0.39 is 0 Å². The Labute approximate surface area is 163 Å². The van der Waals surface area contributed by atoms with Crippen LogP contribution < -0.4 is 16.0 Å². The number of nitrogens with two attached hydrogens (primary N) is 1. The molecule has 0 aromatic heterocycles. The van der Waals surface area contributed by atoms with Gasteiger partial charge in [-0.15, -0.1) is 0 Å². The Balaban J connectivity index is 1.78. The van der Waals surface area contributed by atoms with E-state index in [1.807, 2.05) is 30.3 Å². The number of rotatable bonds is 7. The molecule has 2 aromatic rings. The zero-order chi connectivity index (χ0) is 19.2. The Morgan fingerprint density at radius 1 is 1.19 bits per heavy atom. The second-order valence-electron chi connectivity index (χ2n) is 6.37. The number of nitrogens with one attached hydrogen (secondary N) is 1. The molecular formula is C20H23ClN4O2. The van der Waals surface area contributed by atoms with Crippen molar-refractivity contribution in [2.24, 2.45) is 5.73 Å². The van der Waals surface area contributed by atoms with Crippen molar-refractivity contribution in [2.75, 3.05) is 37.6 Å². The quantitative estimate of drug-likeness (QED) is 0.767. The number of urea groups is 1. The number of benzene rings is 2. The van der Waals surface area contributed by atoms with Crippen molar-refractivity contribution in [3.8, 4) is 0 Å². The minimum absolute atomic E-state index is 0.117. The number of hydrogen-bond acceptors (Lipinski definition) is 3. The maximum Gasteiger partial charge on any atom is 0.322 e. The van der Waals surface area contributed by atoms with Gasteiger partial charge in [-0.25, -0.2) is 4.79 Å². The van der Waals surface area contributed by atoms with Crippen molar-refractivity contribution >= 4 is 29.2 Å². The topological polar surface area (TPSA) is 78.7 Å². The first-order valence-corrected chi connectivity index (χ1v) is 9.36. The largest absolute Gasteiger partial charge is 0.337 e.